The van der Waals surface area contributed by atoms with Crippen LogP contribution in [0.25, 0.3) is 0 Å². The van der Waals surface area contributed by atoms with E-state index in [-0.39, 0.29) is 5.78 Å². The van der Waals surface area contributed by atoms with Crippen LogP contribution in [0.15, 0.2) is 40.0 Å². The first-order chi connectivity index (χ1) is 11.8. The summed E-state index contributed by atoms with van der Waals surface area (Å²) in [6.07, 6.45) is 0. The number of Topliss-reactive ketones (excluding diaryl/α,β-unsaturated/α-hetero) is 1. The van der Waals surface area contributed by atoms with Crippen LogP contribution in [0.1, 0.15) is 13.8 Å². The zero-order valence-electron chi connectivity index (χ0n) is 14.1. The molecular formula is C16H16ClN3O3S2. The molecule has 0 saturated carbocycles. The molecule has 0 radical (unpaired) electrons. The van der Waals surface area contributed by atoms with Gasteiger partial charge in [-0.1, -0.05) is 23.4 Å². The first-order valence-corrected chi connectivity index (χ1v) is 9.37. The van der Waals surface area contributed by atoms with E-state index in [1.54, 1.807) is 17.1 Å². The monoisotopic (exact) mass is 397 g/mol. The van der Waals surface area contributed by atoms with Crippen LogP contribution in [0.4, 0.5) is 5.69 Å². The van der Waals surface area contributed by atoms with Gasteiger partial charge in [0.25, 0.3) is 0 Å². The standard InChI is InChI=1S/C16H16ClN3O3S2/c1-9-13(15(22)23-4)24-16(19(9)3)20(18-14(25-16)10(2)21)12-7-5-11(17)6-8-12/h5-8H,1-4H3/t16-/m1/s1. The largest absolute Gasteiger partial charge is 0.465 e. The average molecular weight is 398 g/mol. The Hall–Kier alpha value is -1.64. The van der Waals surface area contributed by atoms with Crippen molar-refractivity contribution < 1.29 is 14.3 Å². The molecule has 1 aromatic rings. The van der Waals surface area contributed by atoms with Gasteiger partial charge in [0.15, 0.2) is 10.8 Å². The first-order valence-electron chi connectivity index (χ1n) is 7.36. The number of thioether (sulfide) groups is 2. The molecule has 0 saturated heterocycles. The predicted molar refractivity (Wildman–Crippen MR) is 102 cm³/mol. The van der Waals surface area contributed by atoms with Gasteiger partial charge in [-0.05, 0) is 43.0 Å². The SMILES string of the molecule is COC(=O)C1=C(C)N(C)[C@]2(SC(C(C)=O)=NN2c2ccc(Cl)cc2)S1. The summed E-state index contributed by atoms with van der Waals surface area (Å²) in [5.74, 6) is -0.529. The quantitative estimate of drug-likeness (QED) is 0.723. The Morgan fingerprint density at radius 3 is 2.44 bits per heavy atom. The number of hydrogen-bond donors (Lipinski definition) is 0. The van der Waals surface area contributed by atoms with Gasteiger partial charge in [-0.2, -0.15) is 5.10 Å². The van der Waals surface area contributed by atoms with Crippen LogP contribution in [0.5, 0.6) is 0 Å². The summed E-state index contributed by atoms with van der Waals surface area (Å²) in [7, 11) is 3.22. The molecule has 9 heteroatoms. The second-order valence-electron chi connectivity index (χ2n) is 5.47. The Kier molecular flexibility index (Phi) is 4.78. The van der Waals surface area contributed by atoms with E-state index in [0.717, 1.165) is 11.4 Å². The molecular weight excluding hydrogens is 382 g/mol. The van der Waals surface area contributed by atoms with Crippen molar-refractivity contribution in [3.05, 3.63) is 39.9 Å². The highest BCUT2D eigenvalue weighted by Gasteiger charge is 2.55. The predicted octanol–water partition coefficient (Wildman–Crippen LogP) is 3.49. The van der Waals surface area contributed by atoms with Crippen LogP contribution >= 0.6 is 35.1 Å². The number of methoxy groups -OCH3 is 1. The molecule has 2 aliphatic rings. The summed E-state index contributed by atoms with van der Waals surface area (Å²) in [4.78, 5) is 26.5. The van der Waals surface area contributed by atoms with E-state index in [4.69, 9.17) is 16.3 Å². The van der Waals surface area contributed by atoms with E-state index in [1.807, 2.05) is 31.0 Å². The smallest absolute Gasteiger partial charge is 0.346 e. The Labute approximate surface area is 159 Å². The number of carbonyl (C=O) groups is 2. The van der Waals surface area contributed by atoms with Gasteiger partial charge in [-0.3, -0.25) is 4.79 Å². The normalized spacial score (nSPS) is 22.7. The summed E-state index contributed by atoms with van der Waals surface area (Å²) in [5.41, 5.74) is 1.54. The maximum absolute atomic E-state index is 12.1. The van der Waals surface area contributed by atoms with E-state index < -0.39 is 10.3 Å². The molecule has 2 aliphatic heterocycles. The molecule has 6 nitrogen and oxygen atoms in total. The summed E-state index contributed by atoms with van der Waals surface area (Å²) < 4.78 is 4.09. The van der Waals surface area contributed by atoms with Crippen molar-refractivity contribution in [2.24, 2.45) is 5.10 Å². The Balaban J connectivity index is 2.07. The second kappa shape index (κ2) is 6.59. The van der Waals surface area contributed by atoms with Crippen molar-refractivity contribution >= 4 is 57.6 Å². The number of hydrogen-bond acceptors (Lipinski definition) is 8. The van der Waals surface area contributed by atoms with Crippen LogP contribution in [0.2, 0.25) is 5.02 Å². The second-order valence-corrected chi connectivity index (χ2v) is 8.50. The fourth-order valence-electron chi connectivity index (χ4n) is 2.49. The maximum atomic E-state index is 12.1. The number of rotatable bonds is 3. The first kappa shape index (κ1) is 18.2. The van der Waals surface area contributed by atoms with Crippen molar-refractivity contribution in [1.82, 2.24) is 4.90 Å². The van der Waals surface area contributed by atoms with Crippen LogP contribution < -0.4 is 5.01 Å². The van der Waals surface area contributed by atoms with Crippen molar-refractivity contribution in [3.63, 3.8) is 0 Å². The van der Waals surface area contributed by atoms with Crippen LogP contribution in [-0.4, -0.2) is 40.2 Å². The molecule has 0 aromatic heterocycles. The third-order valence-corrected chi connectivity index (χ3v) is 7.33. The molecule has 0 amide bonds. The van der Waals surface area contributed by atoms with E-state index in [0.29, 0.717) is 15.0 Å². The van der Waals surface area contributed by atoms with E-state index in [1.165, 1.54) is 37.6 Å². The van der Waals surface area contributed by atoms with Crippen molar-refractivity contribution in [2.75, 3.05) is 19.2 Å². The lowest BCUT2D eigenvalue weighted by Gasteiger charge is -2.39. The van der Waals surface area contributed by atoms with Gasteiger partial charge in [0, 0.05) is 24.7 Å². The fraction of sp³-hybridized carbons (Fsp3) is 0.312. The van der Waals surface area contributed by atoms with Gasteiger partial charge in [-0.15, -0.1) is 0 Å². The van der Waals surface area contributed by atoms with Gasteiger partial charge in [0.1, 0.15) is 4.91 Å². The average Bonchev–Trinajstić information content (AvgIpc) is 3.10. The number of hydrazone groups is 1. The van der Waals surface area contributed by atoms with E-state index in [2.05, 4.69) is 5.10 Å². The van der Waals surface area contributed by atoms with Gasteiger partial charge in [-0.25, -0.2) is 9.80 Å². The third kappa shape index (κ3) is 2.92. The van der Waals surface area contributed by atoms with Gasteiger partial charge in [0.05, 0.1) is 12.8 Å². The molecule has 1 spiro atoms. The molecule has 132 valence electrons. The summed E-state index contributed by atoms with van der Waals surface area (Å²) in [6, 6.07) is 7.18. The molecule has 0 fully saturated rings. The minimum absolute atomic E-state index is 0.126. The molecule has 1 aromatic carbocycles. The summed E-state index contributed by atoms with van der Waals surface area (Å²) in [6.45, 7) is 3.33. The summed E-state index contributed by atoms with van der Waals surface area (Å²) >= 11 is 8.62. The highest BCUT2D eigenvalue weighted by molar-refractivity contribution is 8.28. The number of nitrogens with zero attached hydrogens (tertiary/aromatic N) is 3. The third-order valence-electron chi connectivity index (χ3n) is 3.92. The molecule has 0 N–H and O–H groups in total. The zero-order chi connectivity index (χ0) is 18.4. The van der Waals surface area contributed by atoms with Crippen LogP contribution in [0.3, 0.4) is 0 Å². The lowest BCUT2D eigenvalue weighted by molar-refractivity contribution is -0.135. The van der Waals surface area contributed by atoms with Crippen molar-refractivity contribution in [2.45, 2.75) is 18.2 Å². The molecule has 25 heavy (non-hydrogen) atoms. The lowest BCUT2D eigenvalue weighted by Crippen LogP contribution is -2.47. The fourth-order valence-corrected chi connectivity index (χ4v) is 5.51. The van der Waals surface area contributed by atoms with Crippen LogP contribution in [-0.2, 0) is 14.3 Å². The van der Waals surface area contributed by atoms with E-state index in [9.17, 15) is 9.59 Å². The highest BCUT2D eigenvalue weighted by Crippen LogP contribution is 2.58. The molecule has 0 aliphatic carbocycles. The molecule has 0 unspecified atom stereocenters. The van der Waals surface area contributed by atoms with Crippen LogP contribution in [0, 0.1) is 0 Å². The summed E-state index contributed by atoms with van der Waals surface area (Å²) in [5, 5.41) is 7.24. The lowest BCUT2D eigenvalue weighted by atomic mass is 10.3. The Morgan fingerprint density at radius 2 is 1.88 bits per heavy atom. The number of esters is 1. The Bertz CT molecular complexity index is 809. The number of ether oxygens (including phenoxy) is 1. The van der Waals surface area contributed by atoms with Gasteiger partial charge >= 0.3 is 5.97 Å². The number of allylic oxidation sites excluding steroid dienone is 1. The number of carbonyl (C=O) groups excluding carboxylic acids is 2. The topological polar surface area (TPSA) is 62.2 Å². The molecule has 0 bridgehead atoms. The highest BCUT2D eigenvalue weighted by atomic mass is 35.5. The van der Waals surface area contributed by atoms with Gasteiger partial charge in [0.2, 0.25) is 4.33 Å². The van der Waals surface area contributed by atoms with E-state index >= 15 is 0 Å². The maximum Gasteiger partial charge on any atom is 0.346 e. The van der Waals surface area contributed by atoms with Crippen molar-refractivity contribution in [1.29, 1.82) is 0 Å². The van der Waals surface area contributed by atoms with Crippen molar-refractivity contribution in [3.8, 4) is 0 Å². The Morgan fingerprint density at radius 1 is 1.24 bits per heavy atom. The number of anilines is 1. The molecule has 2 heterocycles. The van der Waals surface area contributed by atoms with Gasteiger partial charge < -0.3 is 9.64 Å². The minimum Gasteiger partial charge on any atom is -0.465 e. The zero-order valence-corrected chi connectivity index (χ0v) is 16.5. The number of halogens is 1. The number of ketones is 1. The minimum atomic E-state index is -0.803. The molecule has 3 rings (SSSR count). The number of benzene rings is 1. The molecule has 1 atom stereocenters.